The van der Waals surface area contributed by atoms with E-state index in [9.17, 15) is 4.39 Å². The van der Waals surface area contributed by atoms with E-state index in [0.717, 1.165) is 16.8 Å². The third kappa shape index (κ3) is 2.64. The van der Waals surface area contributed by atoms with Gasteiger partial charge >= 0.3 is 0 Å². The Hall–Kier alpha value is -1.55. The number of rotatable bonds is 2. The van der Waals surface area contributed by atoms with Gasteiger partial charge in [0.25, 0.3) is 0 Å². The molecule has 0 radical (unpaired) electrons. The van der Waals surface area contributed by atoms with Crippen molar-refractivity contribution in [2.45, 2.75) is 13.8 Å². The summed E-state index contributed by atoms with van der Waals surface area (Å²) in [6.45, 7) is 4.03. The molecule has 0 atom stereocenters. The van der Waals surface area contributed by atoms with Crippen LogP contribution < -0.4 is 11.1 Å². The summed E-state index contributed by atoms with van der Waals surface area (Å²) in [5, 5.41) is 3.23. The van der Waals surface area contributed by atoms with Gasteiger partial charge in [-0.2, -0.15) is 0 Å². The largest absolute Gasteiger partial charge is 0.397 e. The van der Waals surface area contributed by atoms with Crippen molar-refractivity contribution in [2.75, 3.05) is 11.1 Å². The molecule has 2 aromatic carbocycles. The monoisotopic (exact) mass is 308 g/mol. The van der Waals surface area contributed by atoms with E-state index in [1.54, 1.807) is 6.07 Å². The number of nitrogens with two attached hydrogens (primary N) is 1. The fraction of sp³-hybridized carbons (Fsp3) is 0.143. The van der Waals surface area contributed by atoms with E-state index in [1.807, 2.05) is 32.0 Å². The normalized spacial score (nSPS) is 10.4. The van der Waals surface area contributed by atoms with Gasteiger partial charge < -0.3 is 11.1 Å². The molecule has 0 saturated carbocycles. The predicted octanol–water partition coefficient (Wildman–Crippen LogP) is 4.53. The summed E-state index contributed by atoms with van der Waals surface area (Å²) in [6, 6.07) is 9.06. The predicted molar refractivity (Wildman–Crippen MR) is 77.7 cm³/mol. The van der Waals surface area contributed by atoms with E-state index in [-0.39, 0.29) is 5.82 Å². The average molecular weight is 309 g/mol. The van der Waals surface area contributed by atoms with Crippen molar-refractivity contribution in [2.24, 2.45) is 0 Å². The minimum Gasteiger partial charge on any atom is -0.397 e. The van der Waals surface area contributed by atoms with Crippen LogP contribution in [0.5, 0.6) is 0 Å². The molecule has 18 heavy (non-hydrogen) atoms. The number of nitrogens with one attached hydrogen (secondary N) is 1. The Morgan fingerprint density at radius 3 is 2.56 bits per heavy atom. The molecular weight excluding hydrogens is 295 g/mol. The van der Waals surface area contributed by atoms with Crippen LogP contribution in [0.4, 0.5) is 21.5 Å². The second-order valence-electron chi connectivity index (χ2n) is 4.30. The molecule has 0 aromatic heterocycles. The third-order valence-electron chi connectivity index (χ3n) is 2.75. The Balaban J connectivity index is 2.40. The summed E-state index contributed by atoms with van der Waals surface area (Å²) in [6.07, 6.45) is 0. The quantitative estimate of drug-likeness (QED) is 0.800. The zero-order valence-electron chi connectivity index (χ0n) is 10.2. The summed E-state index contributed by atoms with van der Waals surface area (Å²) < 4.78 is 13.7. The Morgan fingerprint density at radius 1 is 1.11 bits per heavy atom. The smallest absolute Gasteiger partial charge is 0.139 e. The molecule has 0 aliphatic carbocycles. The first kappa shape index (κ1) is 12.9. The summed E-state index contributed by atoms with van der Waals surface area (Å²) in [4.78, 5) is 0. The van der Waals surface area contributed by atoms with Crippen LogP contribution in [0.1, 0.15) is 11.1 Å². The van der Waals surface area contributed by atoms with Crippen molar-refractivity contribution in [1.82, 2.24) is 0 Å². The van der Waals surface area contributed by atoms with Crippen LogP contribution in [0.2, 0.25) is 0 Å². The van der Waals surface area contributed by atoms with Gasteiger partial charge in [-0.3, -0.25) is 0 Å². The summed E-state index contributed by atoms with van der Waals surface area (Å²) >= 11 is 3.16. The topological polar surface area (TPSA) is 38.0 Å². The van der Waals surface area contributed by atoms with Gasteiger partial charge in [0.2, 0.25) is 0 Å². The maximum atomic E-state index is 13.3. The van der Waals surface area contributed by atoms with Crippen LogP contribution in [0.15, 0.2) is 34.8 Å². The molecule has 0 aliphatic heterocycles. The zero-order chi connectivity index (χ0) is 13.3. The first-order valence-electron chi connectivity index (χ1n) is 5.56. The standard InChI is InChI=1S/C14H14BrFN2/c1-8-3-4-9(2)13(5-8)18-14-6-10(15)11(16)7-12(14)17/h3-7,18H,17H2,1-2H3. The second kappa shape index (κ2) is 4.98. The molecule has 2 aromatic rings. The van der Waals surface area contributed by atoms with Gasteiger partial charge in [0.1, 0.15) is 5.82 Å². The third-order valence-corrected chi connectivity index (χ3v) is 3.36. The minimum absolute atomic E-state index is 0.362. The molecule has 3 N–H and O–H groups in total. The van der Waals surface area contributed by atoms with Crippen molar-refractivity contribution >= 4 is 33.0 Å². The van der Waals surface area contributed by atoms with Gasteiger partial charge in [0.15, 0.2) is 0 Å². The van der Waals surface area contributed by atoms with E-state index < -0.39 is 0 Å². The van der Waals surface area contributed by atoms with Gasteiger partial charge in [-0.15, -0.1) is 0 Å². The first-order chi connectivity index (χ1) is 8.47. The molecule has 0 saturated heterocycles. The van der Waals surface area contributed by atoms with Gasteiger partial charge in [0.05, 0.1) is 15.8 Å². The van der Waals surface area contributed by atoms with Crippen LogP contribution in [0.25, 0.3) is 0 Å². The van der Waals surface area contributed by atoms with Crippen molar-refractivity contribution in [1.29, 1.82) is 0 Å². The number of halogens is 2. The zero-order valence-corrected chi connectivity index (χ0v) is 11.8. The molecule has 0 bridgehead atoms. The lowest BCUT2D eigenvalue weighted by atomic mass is 10.1. The summed E-state index contributed by atoms with van der Waals surface area (Å²) in [5.41, 5.74) is 10.1. The van der Waals surface area contributed by atoms with E-state index in [2.05, 4.69) is 21.2 Å². The number of hydrogen-bond donors (Lipinski definition) is 2. The Labute approximate surface area is 114 Å². The van der Waals surface area contributed by atoms with Crippen LogP contribution in [-0.2, 0) is 0 Å². The van der Waals surface area contributed by atoms with E-state index in [0.29, 0.717) is 15.8 Å². The molecule has 0 spiro atoms. The van der Waals surface area contributed by atoms with Crippen LogP contribution >= 0.6 is 15.9 Å². The van der Waals surface area contributed by atoms with Crippen molar-refractivity contribution in [3.63, 3.8) is 0 Å². The van der Waals surface area contributed by atoms with E-state index in [4.69, 9.17) is 5.73 Å². The summed E-state index contributed by atoms with van der Waals surface area (Å²) in [5.74, 6) is -0.362. The lowest BCUT2D eigenvalue weighted by Crippen LogP contribution is -1.99. The number of hydrogen-bond acceptors (Lipinski definition) is 2. The summed E-state index contributed by atoms with van der Waals surface area (Å²) in [7, 11) is 0. The molecule has 0 amide bonds. The molecule has 0 unspecified atom stereocenters. The Morgan fingerprint density at radius 2 is 1.83 bits per heavy atom. The Bertz CT molecular complexity index is 597. The molecule has 0 fully saturated rings. The van der Waals surface area contributed by atoms with E-state index >= 15 is 0 Å². The highest BCUT2D eigenvalue weighted by Crippen LogP contribution is 2.30. The SMILES string of the molecule is Cc1ccc(C)c(Nc2cc(Br)c(F)cc2N)c1. The molecule has 0 heterocycles. The fourth-order valence-corrected chi connectivity index (χ4v) is 2.03. The lowest BCUT2D eigenvalue weighted by molar-refractivity contribution is 0.622. The number of benzene rings is 2. The maximum Gasteiger partial charge on any atom is 0.139 e. The number of aryl methyl sites for hydroxylation is 2. The fourth-order valence-electron chi connectivity index (χ4n) is 1.69. The molecule has 4 heteroatoms. The van der Waals surface area contributed by atoms with Gasteiger partial charge in [0, 0.05) is 11.8 Å². The molecule has 94 valence electrons. The van der Waals surface area contributed by atoms with Crippen LogP contribution in [0.3, 0.4) is 0 Å². The van der Waals surface area contributed by atoms with Crippen LogP contribution in [0, 0.1) is 19.7 Å². The highest BCUT2D eigenvalue weighted by atomic mass is 79.9. The number of nitrogen functional groups attached to an aromatic ring is 1. The second-order valence-corrected chi connectivity index (χ2v) is 5.15. The molecule has 0 aliphatic rings. The lowest BCUT2D eigenvalue weighted by Gasteiger charge is -2.13. The maximum absolute atomic E-state index is 13.3. The first-order valence-corrected chi connectivity index (χ1v) is 6.35. The van der Waals surface area contributed by atoms with Crippen molar-refractivity contribution in [3.8, 4) is 0 Å². The van der Waals surface area contributed by atoms with Crippen molar-refractivity contribution < 1.29 is 4.39 Å². The van der Waals surface area contributed by atoms with E-state index in [1.165, 1.54) is 6.07 Å². The van der Waals surface area contributed by atoms with Gasteiger partial charge in [-0.05, 0) is 53.0 Å². The molecule has 2 nitrogen and oxygen atoms in total. The highest BCUT2D eigenvalue weighted by Gasteiger charge is 2.07. The minimum atomic E-state index is -0.362. The molecular formula is C14H14BrFN2. The highest BCUT2D eigenvalue weighted by molar-refractivity contribution is 9.10. The van der Waals surface area contributed by atoms with Gasteiger partial charge in [-0.1, -0.05) is 12.1 Å². The average Bonchev–Trinajstić information content (AvgIpc) is 2.30. The number of anilines is 3. The van der Waals surface area contributed by atoms with Crippen molar-refractivity contribution in [3.05, 3.63) is 51.7 Å². The molecule has 2 rings (SSSR count). The Kier molecular flexibility index (Phi) is 3.57. The van der Waals surface area contributed by atoms with Crippen LogP contribution in [-0.4, -0.2) is 0 Å². The van der Waals surface area contributed by atoms with Gasteiger partial charge in [-0.25, -0.2) is 4.39 Å².